The SMILES string of the molecule is CC(C)=CC(c1ccc(OC(C)OC2CC3CC2C2CCCC32)cc1)C(C)(C)C. The van der Waals surface area contributed by atoms with Gasteiger partial charge in [-0.3, -0.25) is 0 Å². The standard InChI is InChI=1S/C27H40O2/c1-17(2)14-25(27(4,5)6)19-10-12-21(13-11-19)28-18(3)29-26-16-20-15-24(26)23-9-7-8-22(20)23/h10-14,18,20,22-26H,7-9,15-16H2,1-6H3. The first-order valence-corrected chi connectivity index (χ1v) is 11.8. The molecule has 0 spiro atoms. The van der Waals surface area contributed by atoms with Gasteiger partial charge >= 0.3 is 0 Å². The van der Waals surface area contributed by atoms with Crippen LogP contribution in [-0.2, 0) is 4.74 Å². The van der Waals surface area contributed by atoms with Crippen molar-refractivity contribution < 1.29 is 9.47 Å². The largest absolute Gasteiger partial charge is 0.465 e. The monoisotopic (exact) mass is 396 g/mol. The molecule has 3 aliphatic rings. The maximum atomic E-state index is 6.41. The van der Waals surface area contributed by atoms with Crippen molar-refractivity contribution in [2.75, 3.05) is 0 Å². The summed E-state index contributed by atoms with van der Waals surface area (Å²) in [6.45, 7) is 13.3. The summed E-state index contributed by atoms with van der Waals surface area (Å²) in [5, 5.41) is 0. The van der Waals surface area contributed by atoms with E-state index >= 15 is 0 Å². The lowest BCUT2D eigenvalue weighted by molar-refractivity contribution is -0.132. The summed E-state index contributed by atoms with van der Waals surface area (Å²) >= 11 is 0. The number of hydrogen-bond acceptors (Lipinski definition) is 2. The van der Waals surface area contributed by atoms with E-state index in [4.69, 9.17) is 9.47 Å². The Bertz CT molecular complexity index is 722. The molecule has 29 heavy (non-hydrogen) atoms. The van der Waals surface area contributed by atoms with Crippen molar-refractivity contribution in [1.29, 1.82) is 0 Å². The van der Waals surface area contributed by atoms with Crippen LogP contribution in [0.5, 0.6) is 5.75 Å². The Labute approximate surface area is 178 Å². The van der Waals surface area contributed by atoms with Crippen LogP contribution in [0.25, 0.3) is 0 Å². The average Bonchev–Trinajstić information content (AvgIpc) is 3.32. The topological polar surface area (TPSA) is 18.5 Å². The van der Waals surface area contributed by atoms with Gasteiger partial charge in [0.05, 0.1) is 6.10 Å². The molecule has 0 saturated heterocycles. The predicted octanol–water partition coefficient (Wildman–Crippen LogP) is 7.35. The molecule has 4 rings (SSSR count). The third-order valence-electron chi connectivity index (χ3n) is 7.71. The summed E-state index contributed by atoms with van der Waals surface area (Å²) in [4.78, 5) is 0. The van der Waals surface area contributed by atoms with Gasteiger partial charge in [0.25, 0.3) is 0 Å². The number of hydrogen-bond donors (Lipinski definition) is 0. The Kier molecular flexibility index (Phi) is 5.86. The normalized spacial score (nSPS) is 32.7. The van der Waals surface area contributed by atoms with E-state index in [0.717, 1.165) is 29.4 Å². The Morgan fingerprint density at radius 3 is 2.34 bits per heavy atom. The summed E-state index contributed by atoms with van der Waals surface area (Å²) in [6, 6.07) is 8.66. The van der Waals surface area contributed by atoms with Crippen LogP contribution in [0.2, 0.25) is 0 Å². The number of fused-ring (bicyclic) bond motifs is 5. The van der Waals surface area contributed by atoms with E-state index in [1.807, 2.05) is 0 Å². The lowest BCUT2D eigenvalue weighted by atomic mass is 9.76. The zero-order chi connectivity index (χ0) is 20.8. The molecule has 0 heterocycles. The van der Waals surface area contributed by atoms with Crippen molar-refractivity contribution in [3.8, 4) is 5.75 Å². The van der Waals surface area contributed by atoms with E-state index in [2.05, 4.69) is 71.9 Å². The predicted molar refractivity (Wildman–Crippen MR) is 120 cm³/mol. The molecule has 2 bridgehead atoms. The van der Waals surface area contributed by atoms with E-state index < -0.39 is 0 Å². The fraction of sp³-hybridized carbons (Fsp3) is 0.704. The second-order valence-corrected chi connectivity index (χ2v) is 11.2. The second kappa shape index (κ2) is 8.10. The number of rotatable bonds is 6. The molecular formula is C27H40O2. The highest BCUT2D eigenvalue weighted by Crippen LogP contribution is 2.59. The zero-order valence-electron chi connectivity index (χ0n) is 19.3. The van der Waals surface area contributed by atoms with E-state index in [0.29, 0.717) is 12.0 Å². The molecular weight excluding hydrogens is 356 g/mol. The molecule has 2 heteroatoms. The Morgan fingerprint density at radius 2 is 1.69 bits per heavy atom. The van der Waals surface area contributed by atoms with E-state index in [9.17, 15) is 0 Å². The molecule has 7 unspecified atom stereocenters. The van der Waals surface area contributed by atoms with Gasteiger partial charge in [-0.1, -0.05) is 51.0 Å². The minimum atomic E-state index is -0.179. The number of ether oxygens (including phenoxy) is 2. The van der Waals surface area contributed by atoms with E-state index in [1.54, 1.807) is 0 Å². The van der Waals surface area contributed by atoms with Crippen molar-refractivity contribution in [1.82, 2.24) is 0 Å². The average molecular weight is 397 g/mol. The minimum Gasteiger partial charge on any atom is -0.465 e. The van der Waals surface area contributed by atoms with Crippen molar-refractivity contribution in [3.63, 3.8) is 0 Å². The van der Waals surface area contributed by atoms with Crippen LogP contribution in [0.3, 0.4) is 0 Å². The highest BCUT2D eigenvalue weighted by Gasteiger charge is 2.54. The van der Waals surface area contributed by atoms with Crippen molar-refractivity contribution in [3.05, 3.63) is 41.5 Å². The molecule has 7 atom stereocenters. The van der Waals surface area contributed by atoms with Gasteiger partial charge in [0.1, 0.15) is 5.75 Å². The Hall–Kier alpha value is -1.28. The molecule has 3 saturated carbocycles. The summed E-state index contributed by atoms with van der Waals surface area (Å²) in [6.07, 6.45) is 9.62. The lowest BCUT2D eigenvalue weighted by Gasteiger charge is -2.33. The molecule has 0 aliphatic heterocycles. The second-order valence-electron chi connectivity index (χ2n) is 11.2. The van der Waals surface area contributed by atoms with Gasteiger partial charge in [0.2, 0.25) is 0 Å². The van der Waals surface area contributed by atoms with Crippen molar-refractivity contribution in [2.45, 2.75) is 92.0 Å². The molecule has 0 radical (unpaired) electrons. The summed E-state index contributed by atoms with van der Waals surface area (Å²) in [7, 11) is 0. The third kappa shape index (κ3) is 4.43. The van der Waals surface area contributed by atoms with Gasteiger partial charge < -0.3 is 9.47 Å². The maximum absolute atomic E-state index is 6.41. The van der Waals surface area contributed by atoms with Crippen LogP contribution in [0.1, 0.15) is 85.1 Å². The highest BCUT2D eigenvalue weighted by atomic mass is 16.7. The van der Waals surface area contributed by atoms with Crippen LogP contribution in [0, 0.1) is 29.1 Å². The van der Waals surface area contributed by atoms with E-state index in [-0.39, 0.29) is 11.7 Å². The summed E-state index contributed by atoms with van der Waals surface area (Å²) in [5.41, 5.74) is 2.90. The maximum Gasteiger partial charge on any atom is 0.197 e. The van der Waals surface area contributed by atoms with E-state index in [1.165, 1.54) is 43.2 Å². The van der Waals surface area contributed by atoms with Crippen LogP contribution in [0.4, 0.5) is 0 Å². The molecule has 2 nitrogen and oxygen atoms in total. The minimum absolute atomic E-state index is 0.179. The molecule has 0 amide bonds. The first kappa shape index (κ1) is 21.0. The summed E-state index contributed by atoms with van der Waals surface area (Å²) < 4.78 is 12.6. The Morgan fingerprint density at radius 1 is 1.00 bits per heavy atom. The fourth-order valence-electron chi connectivity index (χ4n) is 6.56. The smallest absolute Gasteiger partial charge is 0.197 e. The third-order valence-corrected chi connectivity index (χ3v) is 7.71. The molecule has 160 valence electrons. The quantitative estimate of drug-likeness (QED) is 0.370. The van der Waals surface area contributed by atoms with Crippen LogP contribution < -0.4 is 4.74 Å². The molecule has 0 N–H and O–H groups in total. The molecule has 3 aliphatic carbocycles. The lowest BCUT2D eigenvalue weighted by Crippen LogP contribution is -2.34. The van der Waals surface area contributed by atoms with Gasteiger partial charge in [0, 0.05) is 5.92 Å². The van der Waals surface area contributed by atoms with Gasteiger partial charge in [-0.25, -0.2) is 0 Å². The van der Waals surface area contributed by atoms with Crippen molar-refractivity contribution in [2.24, 2.45) is 29.1 Å². The Balaban J connectivity index is 1.36. The van der Waals surface area contributed by atoms with Crippen LogP contribution >= 0.6 is 0 Å². The van der Waals surface area contributed by atoms with Crippen molar-refractivity contribution >= 4 is 0 Å². The van der Waals surface area contributed by atoms with Gasteiger partial charge in [0.15, 0.2) is 6.29 Å². The van der Waals surface area contributed by atoms with Gasteiger partial charge in [-0.05, 0) is 93.2 Å². The van der Waals surface area contributed by atoms with Gasteiger partial charge in [-0.2, -0.15) is 0 Å². The number of benzene rings is 1. The first-order valence-electron chi connectivity index (χ1n) is 11.8. The number of allylic oxidation sites excluding steroid dienone is 2. The first-order chi connectivity index (χ1) is 13.7. The van der Waals surface area contributed by atoms with Gasteiger partial charge in [-0.15, -0.1) is 0 Å². The fourth-order valence-corrected chi connectivity index (χ4v) is 6.56. The van der Waals surface area contributed by atoms with Crippen LogP contribution in [-0.4, -0.2) is 12.4 Å². The summed E-state index contributed by atoms with van der Waals surface area (Å²) in [5.74, 6) is 4.98. The molecule has 3 fully saturated rings. The molecule has 1 aromatic rings. The van der Waals surface area contributed by atoms with Crippen LogP contribution in [0.15, 0.2) is 35.9 Å². The molecule has 1 aromatic carbocycles. The molecule has 0 aromatic heterocycles. The highest BCUT2D eigenvalue weighted by molar-refractivity contribution is 5.33. The zero-order valence-corrected chi connectivity index (χ0v) is 19.3.